The van der Waals surface area contributed by atoms with Crippen molar-refractivity contribution in [2.75, 3.05) is 13.7 Å². The minimum absolute atomic E-state index is 0.0126. The Hall–Kier alpha value is -2.32. The standard InChI is InChI=1S/C18H20Cl2N4O4/c1-28-16(25)10-23-9-12(21-22-23)8-13-4-2-3-5-24(13)18(27)11-6-14(19)17(26)15(20)7-11/h6-7,9,13,26H,2-5,8,10H2,1H3. The molecule has 1 fully saturated rings. The van der Waals surface area contributed by atoms with Crippen molar-refractivity contribution in [3.63, 3.8) is 0 Å². The van der Waals surface area contributed by atoms with E-state index in [-0.39, 0.29) is 34.3 Å². The lowest BCUT2D eigenvalue weighted by Gasteiger charge is -2.35. The number of methoxy groups -OCH3 is 1. The number of phenolic OH excluding ortho intramolecular Hbond substituents is 1. The monoisotopic (exact) mass is 426 g/mol. The van der Waals surface area contributed by atoms with Crippen molar-refractivity contribution < 1.29 is 19.4 Å². The van der Waals surface area contributed by atoms with E-state index in [1.54, 1.807) is 11.1 Å². The second-order valence-electron chi connectivity index (χ2n) is 6.62. The van der Waals surface area contributed by atoms with Gasteiger partial charge < -0.3 is 14.7 Å². The second-order valence-corrected chi connectivity index (χ2v) is 7.44. The van der Waals surface area contributed by atoms with Crippen molar-refractivity contribution in [3.8, 4) is 5.75 Å². The highest BCUT2D eigenvalue weighted by molar-refractivity contribution is 6.37. The zero-order valence-electron chi connectivity index (χ0n) is 15.3. The van der Waals surface area contributed by atoms with Gasteiger partial charge in [0, 0.05) is 30.8 Å². The van der Waals surface area contributed by atoms with Crippen LogP contribution in [0, 0.1) is 0 Å². The van der Waals surface area contributed by atoms with Crippen LogP contribution in [0.25, 0.3) is 0 Å². The number of rotatable bonds is 5. The predicted octanol–water partition coefficient (Wildman–Crippen LogP) is 2.70. The Morgan fingerprint density at radius 2 is 2.00 bits per heavy atom. The number of hydrogen-bond donors (Lipinski definition) is 1. The highest BCUT2D eigenvalue weighted by Crippen LogP contribution is 2.33. The predicted molar refractivity (Wildman–Crippen MR) is 103 cm³/mol. The topological polar surface area (TPSA) is 97.5 Å². The Labute approximate surface area is 172 Å². The van der Waals surface area contributed by atoms with Gasteiger partial charge in [0.05, 0.1) is 22.8 Å². The van der Waals surface area contributed by atoms with Crippen LogP contribution in [-0.2, 0) is 22.5 Å². The quantitative estimate of drug-likeness (QED) is 0.737. The molecule has 1 aromatic heterocycles. The first-order valence-corrected chi connectivity index (χ1v) is 9.59. The van der Waals surface area contributed by atoms with Gasteiger partial charge in [-0.3, -0.25) is 9.59 Å². The molecular formula is C18H20Cl2N4O4. The number of amides is 1. The lowest BCUT2D eigenvalue weighted by atomic mass is 9.97. The normalized spacial score (nSPS) is 16.8. The molecule has 0 bridgehead atoms. The Bertz CT molecular complexity index is 863. The Kier molecular flexibility index (Phi) is 6.41. The van der Waals surface area contributed by atoms with Gasteiger partial charge in [-0.2, -0.15) is 0 Å². The van der Waals surface area contributed by atoms with Crippen LogP contribution in [-0.4, -0.2) is 56.6 Å². The largest absolute Gasteiger partial charge is 0.505 e. The number of ether oxygens (including phenoxy) is 1. The number of hydrogen-bond acceptors (Lipinski definition) is 6. The summed E-state index contributed by atoms with van der Waals surface area (Å²) in [5.41, 5.74) is 1.02. The third kappa shape index (κ3) is 4.56. The van der Waals surface area contributed by atoms with E-state index >= 15 is 0 Å². The van der Waals surface area contributed by atoms with E-state index in [2.05, 4.69) is 15.0 Å². The van der Waals surface area contributed by atoms with E-state index in [4.69, 9.17) is 23.2 Å². The maximum atomic E-state index is 13.0. The SMILES string of the molecule is COC(=O)Cn1cc(CC2CCCCN2C(=O)c2cc(Cl)c(O)c(Cl)c2)nn1. The smallest absolute Gasteiger partial charge is 0.327 e. The summed E-state index contributed by atoms with van der Waals surface area (Å²) in [7, 11) is 1.31. The number of benzene rings is 1. The van der Waals surface area contributed by atoms with Gasteiger partial charge in [-0.15, -0.1) is 5.10 Å². The summed E-state index contributed by atoms with van der Waals surface area (Å²) in [6, 6.07) is 2.78. The zero-order chi connectivity index (χ0) is 20.3. The molecule has 1 aliphatic rings. The van der Waals surface area contributed by atoms with E-state index in [1.165, 1.54) is 23.9 Å². The Morgan fingerprint density at radius 1 is 1.29 bits per heavy atom. The maximum absolute atomic E-state index is 13.0. The number of carbonyl (C=O) groups excluding carboxylic acids is 2. The van der Waals surface area contributed by atoms with E-state index in [0.29, 0.717) is 24.2 Å². The fourth-order valence-electron chi connectivity index (χ4n) is 3.28. The van der Waals surface area contributed by atoms with Crippen molar-refractivity contribution >= 4 is 35.1 Å². The zero-order valence-corrected chi connectivity index (χ0v) is 16.8. The van der Waals surface area contributed by atoms with Crippen molar-refractivity contribution in [2.24, 2.45) is 0 Å². The van der Waals surface area contributed by atoms with Gasteiger partial charge in [0.25, 0.3) is 5.91 Å². The van der Waals surface area contributed by atoms with Crippen LogP contribution < -0.4 is 0 Å². The number of nitrogens with zero attached hydrogens (tertiary/aromatic N) is 4. The molecule has 1 aromatic carbocycles. The molecule has 1 aliphatic heterocycles. The molecule has 0 spiro atoms. The number of piperidine rings is 1. The molecule has 2 heterocycles. The van der Waals surface area contributed by atoms with Gasteiger partial charge in [-0.05, 0) is 31.4 Å². The average Bonchev–Trinajstić information content (AvgIpc) is 3.12. The van der Waals surface area contributed by atoms with Gasteiger partial charge in [0.15, 0.2) is 5.75 Å². The van der Waals surface area contributed by atoms with Gasteiger partial charge in [0.2, 0.25) is 0 Å². The van der Waals surface area contributed by atoms with Crippen molar-refractivity contribution in [3.05, 3.63) is 39.6 Å². The first kappa shape index (κ1) is 20.4. The maximum Gasteiger partial charge on any atom is 0.327 e. The van der Waals surface area contributed by atoms with Crippen LogP contribution in [0.5, 0.6) is 5.75 Å². The molecule has 0 radical (unpaired) electrons. The molecule has 8 nitrogen and oxygen atoms in total. The highest BCUT2D eigenvalue weighted by atomic mass is 35.5. The van der Waals surface area contributed by atoms with Crippen molar-refractivity contribution in [2.45, 2.75) is 38.3 Å². The fourth-order valence-corrected chi connectivity index (χ4v) is 3.77. The third-order valence-corrected chi connectivity index (χ3v) is 5.28. The summed E-state index contributed by atoms with van der Waals surface area (Å²) >= 11 is 11.9. The molecule has 0 saturated carbocycles. The van der Waals surface area contributed by atoms with E-state index in [9.17, 15) is 14.7 Å². The number of phenols is 1. The minimum atomic E-state index is -0.410. The lowest BCUT2D eigenvalue weighted by Crippen LogP contribution is -2.45. The van der Waals surface area contributed by atoms with Gasteiger partial charge in [-0.25, -0.2) is 4.68 Å². The van der Waals surface area contributed by atoms with Crippen molar-refractivity contribution in [1.29, 1.82) is 0 Å². The number of aromatic nitrogens is 3. The summed E-state index contributed by atoms with van der Waals surface area (Å²) in [6.07, 6.45) is 4.93. The Balaban J connectivity index is 1.75. The van der Waals surface area contributed by atoms with Crippen LogP contribution in [0.4, 0.5) is 0 Å². The summed E-state index contributed by atoms with van der Waals surface area (Å²) < 4.78 is 6.03. The number of carbonyl (C=O) groups is 2. The molecular weight excluding hydrogens is 407 g/mol. The van der Waals surface area contributed by atoms with Crippen LogP contribution in [0.3, 0.4) is 0 Å². The summed E-state index contributed by atoms with van der Waals surface area (Å²) in [5.74, 6) is -0.847. The minimum Gasteiger partial charge on any atom is -0.505 e. The first-order valence-electron chi connectivity index (χ1n) is 8.84. The average molecular weight is 427 g/mol. The number of aromatic hydroxyl groups is 1. The highest BCUT2D eigenvalue weighted by Gasteiger charge is 2.29. The van der Waals surface area contributed by atoms with Gasteiger partial charge in [-0.1, -0.05) is 28.4 Å². The van der Waals surface area contributed by atoms with Gasteiger partial charge in [0.1, 0.15) is 6.54 Å². The van der Waals surface area contributed by atoms with Crippen LogP contribution in [0.2, 0.25) is 10.0 Å². The number of esters is 1. The number of likely N-dealkylation sites (tertiary alicyclic amines) is 1. The molecule has 1 atom stereocenters. The Morgan fingerprint density at radius 3 is 2.68 bits per heavy atom. The number of halogens is 2. The fraction of sp³-hybridized carbons (Fsp3) is 0.444. The molecule has 1 N–H and O–H groups in total. The molecule has 10 heteroatoms. The summed E-state index contributed by atoms with van der Waals surface area (Å²) in [6.45, 7) is 0.594. The van der Waals surface area contributed by atoms with Gasteiger partial charge >= 0.3 is 5.97 Å². The molecule has 0 aliphatic carbocycles. The van der Waals surface area contributed by atoms with Crippen LogP contribution >= 0.6 is 23.2 Å². The van der Waals surface area contributed by atoms with Crippen LogP contribution in [0.15, 0.2) is 18.3 Å². The van der Waals surface area contributed by atoms with Crippen molar-refractivity contribution in [1.82, 2.24) is 19.9 Å². The summed E-state index contributed by atoms with van der Waals surface area (Å²) in [5, 5.41) is 17.8. The molecule has 2 aromatic rings. The molecule has 28 heavy (non-hydrogen) atoms. The molecule has 150 valence electrons. The third-order valence-electron chi connectivity index (χ3n) is 4.70. The van der Waals surface area contributed by atoms with E-state index in [1.807, 2.05) is 0 Å². The molecule has 1 amide bonds. The van der Waals surface area contributed by atoms with Crippen LogP contribution in [0.1, 0.15) is 35.3 Å². The first-order chi connectivity index (χ1) is 13.4. The summed E-state index contributed by atoms with van der Waals surface area (Å²) in [4.78, 5) is 26.2. The van der Waals surface area contributed by atoms with E-state index < -0.39 is 5.97 Å². The van der Waals surface area contributed by atoms with E-state index in [0.717, 1.165) is 19.3 Å². The second kappa shape index (κ2) is 8.79. The molecule has 3 rings (SSSR count). The molecule has 1 unspecified atom stereocenters. The molecule has 1 saturated heterocycles. The lowest BCUT2D eigenvalue weighted by molar-refractivity contribution is -0.141.